The van der Waals surface area contributed by atoms with Crippen molar-refractivity contribution < 1.29 is 0 Å². The van der Waals surface area contributed by atoms with Crippen molar-refractivity contribution in [1.29, 1.82) is 0 Å². The fourth-order valence-electron chi connectivity index (χ4n) is 3.15. The molecule has 0 aliphatic rings. The predicted molar refractivity (Wildman–Crippen MR) is 82.7 cm³/mol. The van der Waals surface area contributed by atoms with Gasteiger partial charge in [0.05, 0.1) is 0 Å². The zero-order valence-corrected chi connectivity index (χ0v) is 10.9. The number of benzene rings is 4. The molecule has 0 radical (unpaired) electrons. The molecule has 4 rings (SSSR count). The third kappa shape index (κ3) is 1.39. The first-order valence-corrected chi connectivity index (χ1v) is 6.68. The van der Waals surface area contributed by atoms with E-state index in [0.717, 1.165) is 0 Å². The summed E-state index contributed by atoms with van der Waals surface area (Å²) in [6.07, 6.45) is 0. The van der Waals surface area contributed by atoms with E-state index in [4.69, 9.17) is 5.73 Å². The van der Waals surface area contributed by atoms with Gasteiger partial charge < -0.3 is 5.73 Å². The first kappa shape index (κ1) is 10.8. The number of rotatable bonds is 1. The standard InChI is InChI=1S/C18H15N/c1-11(19)15-9-7-14-6-5-12-3-2-4-13-8-10-16(15)18(14)17(12)13/h2-11H,19H2,1H3/t11-/m1/s1. The summed E-state index contributed by atoms with van der Waals surface area (Å²) in [7, 11) is 0. The molecule has 0 aliphatic carbocycles. The topological polar surface area (TPSA) is 26.0 Å². The van der Waals surface area contributed by atoms with Gasteiger partial charge >= 0.3 is 0 Å². The zero-order valence-electron chi connectivity index (χ0n) is 10.9. The fraction of sp³-hybridized carbons (Fsp3) is 0.111. The molecule has 0 bridgehead atoms. The molecular formula is C18H15N. The second-order valence-electron chi connectivity index (χ2n) is 5.30. The van der Waals surface area contributed by atoms with Crippen LogP contribution in [0.3, 0.4) is 0 Å². The molecule has 0 aliphatic heterocycles. The Hall–Kier alpha value is -2.12. The van der Waals surface area contributed by atoms with Crippen molar-refractivity contribution in [2.45, 2.75) is 13.0 Å². The Bertz CT molecular complexity index is 874. The van der Waals surface area contributed by atoms with Crippen LogP contribution in [0.1, 0.15) is 18.5 Å². The van der Waals surface area contributed by atoms with E-state index in [-0.39, 0.29) is 6.04 Å². The van der Waals surface area contributed by atoms with Crippen LogP contribution in [0.2, 0.25) is 0 Å². The molecule has 0 amide bonds. The summed E-state index contributed by atoms with van der Waals surface area (Å²) in [6.45, 7) is 2.05. The van der Waals surface area contributed by atoms with Crippen LogP contribution in [0, 0.1) is 0 Å². The predicted octanol–water partition coefficient (Wildman–Crippen LogP) is 4.60. The zero-order chi connectivity index (χ0) is 13.0. The molecule has 0 saturated heterocycles. The molecule has 2 N–H and O–H groups in total. The van der Waals surface area contributed by atoms with Crippen LogP contribution < -0.4 is 5.73 Å². The summed E-state index contributed by atoms with van der Waals surface area (Å²) in [6, 6.07) is 19.7. The average Bonchev–Trinajstić information content (AvgIpc) is 2.44. The lowest BCUT2D eigenvalue weighted by Gasteiger charge is -2.15. The van der Waals surface area contributed by atoms with Crippen molar-refractivity contribution >= 4 is 32.3 Å². The summed E-state index contributed by atoms with van der Waals surface area (Å²) in [5, 5.41) is 7.90. The molecule has 0 fully saturated rings. The lowest BCUT2D eigenvalue weighted by molar-refractivity contribution is 0.827. The van der Waals surface area contributed by atoms with Crippen LogP contribution in [-0.2, 0) is 0 Å². The highest BCUT2D eigenvalue weighted by Gasteiger charge is 2.11. The molecule has 0 heterocycles. The Morgan fingerprint density at radius 2 is 1.32 bits per heavy atom. The van der Waals surface area contributed by atoms with E-state index >= 15 is 0 Å². The maximum Gasteiger partial charge on any atom is 0.0272 e. The van der Waals surface area contributed by atoms with Gasteiger partial charge in [0.1, 0.15) is 0 Å². The van der Waals surface area contributed by atoms with Crippen LogP contribution >= 0.6 is 0 Å². The smallest absolute Gasteiger partial charge is 0.0272 e. The number of hydrogen-bond acceptors (Lipinski definition) is 1. The van der Waals surface area contributed by atoms with Crippen molar-refractivity contribution in [3.63, 3.8) is 0 Å². The van der Waals surface area contributed by atoms with Gasteiger partial charge in [0.15, 0.2) is 0 Å². The van der Waals surface area contributed by atoms with Crippen LogP contribution in [0.15, 0.2) is 54.6 Å². The van der Waals surface area contributed by atoms with E-state index in [2.05, 4.69) is 54.6 Å². The SMILES string of the molecule is C[C@@H](N)c1ccc2ccc3cccc4ccc1c2c34. The van der Waals surface area contributed by atoms with Crippen molar-refractivity contribution in [1.82, 2.24) is 0 Å². The lowest BCUT2D eigenvalue weighted by Crippen LogP contribution is -2.05. The summed E-state index contributed by atoms with van der Waals surface area (Å²) in [5.41, 5.74) is 7.34. The molecule has 0 unspecified atom stereocenters. The van der Waals surface area contributed by atoms with Gasteiger partial charge in [-0.3, -0.25) is 0 Å². The summed E-state index contributed by atoms with van der Waals surface area (Å²) < 4.78 is 0. The molecule has 0 spiro atoms. The fourth-order valence-corrected chi connectivity index (χ4v) is 3.15. The molecule has 4 aromatic carbocycles. The lowest BCUT2D eigenvalue weighted by atomic mass is 9.90. The summed E-state index contributed by atoms with van der Waals surface area (Å²) in [5.74, 6) is 0. The van der Waals surface area contributed by atoms with Crippen molar-refractivity contribution in [3.8, 4) is 0 Å². The first-order valence-electron chi connectivity index (χ1n) is 6.68. The van der Waals surface area contributed by atoms with Crippen LogP contribution in [0.25, 0.3) is 32.3 Å². The van der Waals surface area contributed by atoms with Crippen molar-refractivity contribution in [2.24, 2.45) is 5.73 Å². The molecule has 0 aromatic heterocycles. The van der Waals surface area contributed by atoms with E-state index < -0.39 is 0 Å². The summed E-state index contributed by atoms with van der Waals surface area (Å²) in [4.78, 5) is 0. The van der Waals surface area contributed by atoms with Crippen molar-refractivity contribution in [3.05, 3.63) is 60.2 Å². The van der Waals surface area contributed by atoms with Gasteiger partial charge in [-0.05, 0) is 44.8 Å². The minimum absolute atomic E-state index is 0.0598. The first-order chi connectivity index (χ1) is 9.25. The van der Waals surface area contributed by atoms with E-state index in [1.165, 1.54) is 37.9 Å². The Balaban J connectivity index is 2.35. The van der Waals surface area contributed by atoms with Crippen molar-refractivity contribution in [2.75, 3.05) is 0 Å². The molecule has 1 atom stereocenters. The molecule has 4 aromatic rings. The minimum atomic E-state index is 0.0598. The normalized spacial score (nSPS) is 13.6. The second kappa shape index (κ2) is 3.69. The molecule has 0 saturated carbocycles. The minimum Gasteiger partial charge on any atom is -0.324 e. The third-order valence-electron chi connectivity index (χ3n) is 4.05. The Morgan fingerprint density at radius 3 is 2.00 bits per heavy atom. The van der Waals surface area contributed by atoms with Gasteiger partial charge in [-0.1, -0.05) is 54.6 Å². The third-order valence-corrected chi connectivity index (χ3v) is 4.05. The van der Waals surface area contributed by atoms with Crippen LogP contribution in [0.4, 0.5) is 0 Å². The van der Waals surface area contributed by atoms with Crippen LogP contribution in [0.5, 0.6) is 0 Å². The summed E-state index contributed by atoms with van der Waals surface area (Å²) >= 11 is 0. The monoisotopic (exact) mass is 245 g/mol. The highest BCUT2D eigenvalue weighted by Crippen LogP contribution is 2.36. The van der Waals surface area contributed by atoms with E-state index in [1.54, 1.807) is 0 Å². The average molecular weight is 245 g/mol. The van der Waals surface area contributed by atoms with E-state index in [1.807, 2.05) is 6.92 Å². The van der Waals surface area contributed by atoms with Gasteiger partial charge in [0, 0.05) is 6.04 Å². The highest BCUT2D eigenvalue weighted by molar-refractivity contribution is 6.23. The molecule has 1 nitrogen and oxygen atoms in total. The molecule has 1 heteroatoms. The maximum atomic E-state index is 6.11. The van der Waals surface area contributed by atoms with Gasteiger partial charge in [-0.2, -0.15) is 0 Å². The second-order valence-corrected chi connectivity index (χ2v) is 5.30. The van der Waals surface area contributed by atoms with E-state index in [0.29, 0.717) is 0 Å². The largest absolute Gasteiger partial charge is 0.324 e. The quantitative estimate of drug-likeness (QED) is 0.487. The molecule has 92 valence electrons. The number of nitrogens with two attached hydrogens (primary N) is 1. The Labute approximate surface area is 112 Å². The van der Waals surface area contributed by atoms with Gasteiger partial charge in [0.2, 0.25) is 0 Å². The Kier molecular flexibility index (Phi) is 2.09. The Morgan fingerprint density at radius 1 is 0.737 bits per heavy atom. The van der Waals surface area contributed by atoms with Gasteiger partial charge in [-0.25, -0.2) is 0 Å². The van der Waals surface area contributed by atoms with Gasteiger partial charge in [0.25, 0.3) is 0 Å². The highest BCUT2D eigenvalue weighted by atomic mass is 14.6. The molecular weight excluding hydrogens is 230 g/mol. The molecule has 19 heavy (non-hydrogen) atoms. The maximum absolute atomic E-state index is 6.11. The number of hydrogen-bond donors (Lipinski definition) is 1. The van der Waals surface area contributed by atoms with E-state index in [9.17, 15) is 0 Å². The van der Waals surface area contributed by atoms with Gasteiger partial charge in [-0.15, -0.1) is 0 Å². The van der Waals surface area contributed by atoms with Crippen LogP contribution in [-0.4, -0.2) is 0 Å².